The number of amides is 1. The molecule has 3 aromatic rings. The third kappa shape index (κ3) is 5.64. The van der Waals surface area contributed by atoms with Gasteiger partial charge in [0.25, 0.3) is 10.0 Å². The van der Waals surface area contributed by atoms with E-state index in [4.69, 9.17) is 34.8 Å². The van der Waals surface area contributed by atoms with Crippen molar-refractivity contribution in [3.05, 3.63) is 86.9 Å². The Labute approximate surface area is 212 Å². The van der Waals surface area contributed by atoms with E-state index in [1.54, 1.807) is 12.1 Å². The number of benzene rings is 3. The van der Waals surface area contributed by atoms with Crippen molar-refractivity contribution in [1.29, 1.82) is 0 Å². The van der Waals surface area contributed by atoms with Gasteiger partial charge >= 0.3 is 5.97 Å². The first-order valence-electron chi connectivity index (χ1n) is 9.75. The highest BCUT2D eigenvalue weighted by molar-refractivity contribution is 7.92. The van der Waals surface area contributed by atoms with Gasteiger partial charge in [-0.1, -0.05) is 58.6 Å². The van der Waals surface area contributed by atoms with Gasteiger partial charge in [0, 0.05) is 0 Å². The standard InChI is InChI=1S/C23H19Cl3N2O5S/c1-14-6-9-16(10-7-14)34(31,32)28(20-5-3-4-18(25)22(20)26)13-21(29)27-19-12-15(23(30)33-2)8-11-17(19)24/h3-12H,13H2,1-2H3,(H,27,29). The van der Waals surface area contributed by atoms with Gasteiger partial charge in [-0.3, -0.25) is 9.10 Å². The summed E-state index contributed by atoms with van der Waals surface area (Å²) in [5.41, 5.74) is 1.16. The first kappa shape index (κ1) is 25.8. The highest BCUT2D eigenvalue weighted by Gasteiger charge is 2.29. The van der Waals surface area contributed by atoms with E-state index in [-0.39, 0.29) is 36.9 Å². The molecule has 7 nitrogen and oxygen atoms in total. The Bertz CT molecular complexity index is 1350. The van der Waals surface area contributed by atoms with Crippen LogP contribution < -0.4 is 9.62 Å². The second kappa shape index (κ2) is 10.7. The molecule has 0 fully saturated rings. The van der Waals surface area contributed by atoms with Crippen molar-refractivity contribution in [1.82, 2.24) is 0 Å². The number of anilines is 2. The monoisotopic (exact) mass is 540 g/mol. The van der Waals surface area contributed by atoms with Crippen LogP contribution in [0.2, 0.25) is 15.1 Å². The lowest BCUT2D eigenvalue weighted by molar-refractivity contribution is -0.114. The number of nitrogens with one attached hydrogen (secondary N) is 1. The third-order valence-electron chi connectivity index (χ3n) is 4.76. The molecule has 0 saturated heterocycles. The van der Waals surface area contributed by atoms with E-state index in [0.29, 0.717) is 0 Å². The maximum Gasteiger partial charge on any atom is 0.337 e. The summed E-state index contributed by atoms with van der Waals surface area (Å²) in [5.74, 6) is -1.35. The number of carbonyl (C=O) groups is 2. The average molecular weight is 542 g/mol. The second-order valence-electron chi connectivity index (χ2n) is 7.13. The minimum atomic E-state index is -4.21. The molecule has 1 N–H and O–H groups in total. The number of aryl methyl sites for hydroxylation is 1. The molecule has 0 heterocycles. The Morgan fingerprint density at radius 2 is 1.65 bits per heavy atom. The van der Waals surface area contributed by atoms with Gasteiger partial charge in [0.15, 0.2) is 0 Å². The number of carbonyl (C=O) groups excluding carboxylic acids is 2. The van der Waals surface area contributed by atoms with Crippen molar-refractivity contribution in [2.45, 2.75) is 11.8 Å². The maximum atomic E-state index is 13.5. The SMILES string of the molecule is COC(=O)c1ccc(Cl)c(NC(=O)CN(c2cccc(Cl)c2Cl)S(=O)(=O)c2ccc(C)cc2)c1. The van der Waals surface area contributed by atoms with Crippen LogP contribution in [0.15, 0.2) is 65.6 Å². The fraction of sp³-hybridized carbons (Fsp3) is 0.130. The Kier molecular flexibility index (Phi) is 8.09. The zero-order valence-electron chi connectivity index (χ0n) is 18.0. The van der Waals surface area contributed by atoms with Gasteiger partial charge in [-0.15, -0.1) is 0 Å². The number of hydrogen-bond acceptors (Lipinski definition) is 5. The highest BCUT2D eigenvalue weighted by Crippen LogP contribution is 2.35. The number of ether oxygens (including phenoxy) is 1. The molecule has 1 amide bonds. The van der Waals surface area contributed by atoms with E-state index in [2.05, 4.69) is 10.1 Å². The van der Waals surface area contributed by atoms with Crippen LogP contribution in [0.4, 0.5) is 11.4 Å². The molecule has 0 spiro atoms. The van der Waals surface area contributed by atoms with Crippen LogP contribution in [-0.2, 0) is 19.6 Å². The van der Waals surface area contributed by atoms with E-state index < -0.39 is 28.4 Å². The molecule has 34 heavy (non-hydrogen) atoms. The summed E-state index contributed by atoms with van der Waals surface area (Å²) >= 11 is 18.6. The molecule has 0 aromatic heterocycles. The lowest BCUT2D eigenvalue weighted by atomic mass is 10.2. The summed E-state index contributed by atoms with van der Waals surface area (Å²) in [6.45, 7) is 1.18. The van der Waals surface area contributed by atoms with Crippen LogP contribution in [0.1, 0.15) is 15.9 Å². The molecule has 0 atom stereocenters. The van der Waals surface area contributed by atoms with Crippen LogP contribution >= 0.6 is 34.8 Å². The van der Waals surface area contributed by atoms with E-state index in [1.165, 1.54) is 55.6 Å². The molecular weight excluding hydrogens is 523 g/mol. The summed E-state index contributed by atoms with van der Waals surface area (Å²) in [6, 6.07) is 14.8. The van der Waals surface area contributed by atoms with E-state index in [1.807, 2.05) is 6.92 Å². The Hall–Kier alpha value is -2.78. The van der Waals surface area contributed by atoms with Crippen molar-refractivity contribution < 1.29 is 22.7 Å². The molecule has 0 radical (unpaired) electrons. The Morgan fingerprint density at radius 3 is 2.29 bits per heavy atom. The first-order valence-corrected chi connectivity index (χ1v) is 12.3. The molecule has 0 saturated carbocycles. The number of methoxy groups -OCH3 is 1. The third-order valence-corrected chi connectivity index (χ3v) is 7.67. The molecule has 0 aliphatic rings. The van der Waals surface area contributed by atoms with Gasteiger partial charge in [-0.25, -0.2) is 13.2 Å². The molecule has 0 aliphatic heterocycles. The van der Waals surface area contributed by atoms with Gasteiger partial charge in [-0.2, -0.15) is 0 Å². The van der Waals surface area contributed by atoms with Gasteiger partial charge in [0.05, 0.1) is 44.0 Å². The summed E-state index contributed by atoms with van der Waals surface area (Å²) in [7, 11) is -2.99. The Morgan fingerprint density at radius 1 is 0.971 bits per heavy atom. The molecular formula is C23H19Cl3N2O5S. The number of hydrogen-bond donors (Lipinski definition) is 1. The molecule has 0 unspecified atom stereocenters. The normalized spacial score (nSPS) is 11.1. The van der Waals surface area contributed by atoms with Crippen molar-refractivity contribution in [3.63, 3.8) is 0 Å². The molecule has 0 bridgehead atoms. The topological polar surface area (TPSA) is 92.8 Å². The van der Waals surface area contributed by atoms with Crippen LogP contribution in [0, 0.1) is 6.92 Å². The summed E-state index contributed by atoms with van der Waals surface area (Å²) in [4.78, 5) is 24.7. The number of esters is 1. The fourth-order valence-electron chi connectivity index (χ4n) is 3.01. The van der Waals surface area contributed by atoms with E-state index in [9.17, 15) is 18.0 Å². The van der Waals surface area contributed by atoms with Gasteiger partial charge in [-0.05, 0) is 49.4 Å². The van der Waals surface area contributed by atoms with Crippen LogP contribution in [0.25, 0.3) is 0 Å². The zero-order chi connectivity index (χ0) is 25.0. The molecule has 3 aromatic carbocycles. The van der Waals surface area contributed by atoms with Crippen molar-refractivity contribution >= 4 is 68.1 Å². The minimum Gasteiger partial charge on any atom is -0.465 e. The number of sulfonamides is 1. The quantitative estimate of drug-likeness (QED) is 0.395. The van der Waals surface area contributed by atoms with Crippen LogP contribution in [0.5, 0.6) is 0 Å². The second-order valence-corrected chi connectivity index (χ2v) is 10.2. The predicted octanol–water partition coefficient (Wildman–Crippen LogP) is 5.58. The first-order chi connectivity index (χ1) is 16.0. The average Bonchev–Trinajstić information content (AvgIpc) is 2.80. The van der Waals surface area contributed by atoms with Crippen molar-refractivity contribution in [3.8, 4) is 0 Å². The van der Waals surface area contributed by atoms with Crippen LogP contribution in [0.3, 0.4) is 0 Å². The lowest BCUT2D eigenvalue weighted by Crippen LogP contribution is -2.38. The van der Waals surface area contributed by atoms with E-state index >= 15 is 0 Å². The zero-order valence-corrected chi connectivity index (χ0v) is 21.1. The van der Waals surface area contributed by atoms with Gasteiger partial charge in [0.2, 0.25) is 5.91 Å². The largest absolute Gasteiger partial charge is 0.465 e. The highest BCUT2D eigenvalue weighted by atomic mass is 35.5. The minimum absolute atomic E-state index is 0.0271. The smallest absolute Gasteiger partial charge is 0.337 e. The maximum absolute atomic E-state index is 13.5. The summed E-state index contributed by atoms with van der Waals surface area (Å²) in [6.07, 6.45) is 0. The fourth-order valence-corrected chi connectivity index (χ4v) is 5.05. The lowest BCUT2D eigenvalue weighted by Gasteiger charge is -2.25. The molecule has 0 aliphatic carbocycles. The molecule has 3 rings (SSSR count). The van der Waals surface area contributed by atoms with Crippen molar-refractivity contribution in [2.75, 3.05) is 23.3 Å². The number of halogens is 3. The Balaban J connectivity index is 2.00. The van der Waals surface area contributed by atoms with Crippen LogP contribution in [-0.4, -0.2) is 33.9 Å². The number of nitrogens with zero attached hydrogens (tertiary/aromatic N) is 1. The molecule has 11 heteroatoms. The van der Waals surface area contributed by atoms with Gasteiger partial charge < -0.3 is 10.1 Å². The van der Waals surface area contributed by atoms with E-state index in [0.717, 1.165) is 9.87 Å². The van der Waals surface area contributed by atoms with Gasteiger partial charge in [0.1, 0.15) is 6.54 Å². The predicted molar refractivity (Wildman–Crippen MR) is 134 cm³/mol. The summed E-state index contributed by atoms with van der Waals surface area (Å²) < 4.78 is 32.5. The number of rotatable bonds is 7. The van der Waals surface area contributed by atoms with Crippen molar-refractivity contribution in [2.24, 2.45) is 0 Å². The summed E-state index contributed by atoms with van der Waals surface area (Å²) in [5, 5.41) is 2.78. The molecule has 178 valence electrons.